The van der Waals surface area contributed by atoms with Crippen molar-refractivity contribution in [3.8, 4) is 0 Å². The van der Waals surface area contributed by atoms with Gasteiger partial charge in [0, 0.05) is 25.8 Å². The van der Waals surface area contributed by atoms with Crippen molar-refractivity contribution in [1.82, 2.24) is 10.2 Å². The molecule has 1 aliphatic carbocycles. The van der Waals surface area contributed by atoms with Crippen LogP contribution in [0.4, 0.5) is 0 Å². The molecule has 1 aliphatic heterocycles. The molecule has 0 radical (unpaired) electrons. The molecule has 20 heavy (non-hydrogen) atoms. The van der Waals surface area contributed by atoms with Crippen molar-refractivity contribution in [2.45, 2.75) is 32.1 Å². The Morgan fingerprint density at radius 2 is 1.80 bits per heavy atom. The third kappa shape index (κ3) is 6.22. The summed E-state index contributed by atoms with van der Waals surface area (Å²) in [7, 11) is -2.86. The highest BCUT2D eigenvalue weighted by Gasteiger charge is 2.25. The molecule has 1 amide bonds. The number of carbonyl (C=O) groups excluding carboxylic acids is 1. The third-order valence-electron chi connectivity index (χ3n) is 4.24. The van der Waals surface area contributed by atoms with Crippen molar-refractivity contribution in [2.24, 2.45) is 11.8 Å². The molecule has 116 valence electrons. The van der Waals surface area contributed by atoms with Crippen molar-refractivity contribution >= 4 is 15.7 Å². The summed E-state index contributed by atoms with van der Waals surface area (Å²) in [4.78, 5) is 13.8. The summed E-state index contributed by atoms with van der Waals surface area (Å²) < 4.78 is 22.3. The van der Waals surface area contributed by atoms with E-state index in [1.54, 1.807) is 0 Å². The summed E-state index contributed by atoms with van der Waals surface area (Å²) >= 11 is 0. The molecule has 0 unspecified atom stereocenters. The number of sulfone groups is 1. The van der Waals surface area contributed by atoms with Gasteiger partial charge in [-0.3, -0.25) is 4.79 Å². The topological polar surface area (TPSA) is 66.5 Å². The Morgan fingerprint density at radius 1 is 1.15 bits per heavy atom. The van der Waals surface area contributed by atoms with Gasteiger partial charge < -0.3 is 10.2 Å². The van der Waals surface area contributed by atoms with Crippen LogP contribution < -0.4 is 5.32 Å². The molecule has 1 saturated heterocycles. The van der Waals surface area contributed by atoms with Gasteiger partial charge >= 0.3 is 0 Å². The van der Waals surface area contributed by atoms with Gasteiger partial charge in [0.1, 0.15) is 9.84 Å². The van der Waals surface area contributed by atoms with Crippen LogP contribution in [0.2, 0.25) is 0 Å². The fraction of sp³-hybridized carbons (Fsp3) is 0.929. The number of nitrogens with one attached hydrogen (secondary N) is 1. The zero-order valence-corrected chi connectivity index (χ0v) is 13.1. The Bertz CT molecular complexity index is 424. The molecule has 1 saturated carbocycles. The second-order valence-corrected chi connectivity index (χ2v) is 8.63. The summed E-state index contributed by atoms with van der Waals surface area (Å²) in [6.45, 7) is 3.31. The second-order valence-electron chi connectivity index (χ2n) is 6.37. The summed E-state index contributed by atoms with van der Waals surface area (Å²) in [5.74, 6) is 1.64. The molecular weight excluding hydrogens is 276 g/mol. The number of carbonyl (C=O) groups is 1. The van der Waals surface area contributed by atoms with Gasteiger partial charge in [-0.1, -0.05) is 0 Å². The first-order chi connectivity index (χ1) is 9.42. The molecule has 0 spiro atoms. The maximum atomic E-state index is 11.6. The number of hydrogen-bond donors (Lipinski definition) is 1. The van der Waals surface area contributed by atoms with Gasteiger partial charge in [0.15, 0.2) is 0 Å². The highest BCUT2D eigenvalue weighted by molar-refractivity contribution is 7.90. The smallest absolute Gasteiger partial charge is 0.220 e. The molecule has 0 aromatic heterocycles. The zero-order chi connectivity index (χ0) is 14.6. The highest BCUT2D eigenvalue weighted by atomic mass is 32.2. The van der Waals surface area contributed by atoms with E-state index in [9.17, 15) is 13.2 Å². The van der Waals surface area contributed by atoms with Crippen LogP contribution in [0, 0.1) is 11.8 Å². The van der Waals surface area contributed by atoms with E-state index in [2.05, 4.69) is 10.2 Å². The molecule has 5 nitrogen and oxygen atoms in total. The predicted octanol–water partition coefficient (Wildman–Crippen LogP) is 0.659. The van der Waals surface area contributed by atoms with Crippen LogP contribution in [0.15, 0.2) is 0 Å². The van der Waals surface area contributed by atoms with E-state index in [0.29, 0.717) is 24.8 Å². The molecular formula is C14H26N2O3S. The van der Waals surface area contributed by atoms with Gasteiger partial charge in [0.05, 0.1) is 5.75 Å². The number of piperidine rings is 1. The summed E-state index contributed by atoms with van der Waals surface area (Å²) in [5.41, 5.74) is 0. The lowest BCUT2D eigenvalue weighted by molar-refractivity contribution is -0.121. The minimum Gasteiger partial charge on any atom is -0.356 e. The van der Waals surface area contributed by atoms with Crippen molar-refractivity contribution in [2.75, 3.05) is 38.2 Å². The number of amides is 1. The van der Waals surface area contributed by atoms with Gasteiger partial charge in [-0.05, 0) is 50.6 Å². The van der Waals surface area contributed by atoms with Crippen molar-refractivity contribution in [3.05, 3.63) is 0 Å². The van der Waals surface area contributed by atoms with E-state index >= 15 is 0 Å². The van der Waals surface area contributed by atoms with Crippen molar-refractivity contribution < 1.29 is 13.2 Å². The van der Waals surface area contributed by atoms with E-state index in [1.807, 2.05) is 0 Å². The Morgan fingerprint density at radius 3 is 2.35 bits per heavy atom. The molecule has 2 fully saturated rings. The minimum absolute atomic E-state index is 0.201. The number of likely N-dealkylation sites (tertiary alicyclic amines) is 1. The lowest BCUT2D eigenvalue weighted by atomic mass is 9.97. The van der Waals surface area contributed by atoms with E-state index < -0.39 is 9.84 Å². The molecule has 0 aromatic rings. The first-order valence-corrected chi connectivity index (χ1v) is 9.65. The van der Waals surface area contributed by atoms with E-state index in [4.69, 9.17) is 0 Å². The largest absolute Gasteiger partial charge is 0.356 e. The maximum Gasteiger partial charge on any atom is 0.220 e. The van der Waals surface area contributed by atoms with Crippen LogP contribution in [0.5, 0.6) is 0 Å². The highest BCUT2D eigenvalue weighted by Crippen LogP contribution is 2.32. The van der Waals surface area contributed by atoms with Gasteiger partial charge in [0.2, 0.25) is 5.91 Å². The van der Waals surface area contributed by atoms with E-state index in [1.165, 1.54) is 19.1 Å². The van der Waals surface area contributed by atoms with Crippen LogP contribution >= 0.6 is 0 Å². The maximum absolute atomic E-state index is 11.6. The Hall–Kier alpha value is -0.620. The lowest BCUT2D eigenvalue weighted by Gasteiger charge is -2.31. The Balaban J connectivity index is 1.57. The quantitative estimate of drug-likeness (QED) is 0.750. The fourth-order valence-corrected chi connectivity index (χ4v) is 3.21. The Kier molecular flexibility index (Phi) is 5.43. The van der Waals surface area contributed by atoms with Crippen LogP contribution in [-0.4, -0.2) is 57.4 Å². The first-order valence-electron chi connectivity index (χ1n) is 7.59. The first kappa shape index (κ1) is 15.8. The summed E-state index contributed by atoms with van der Waals surface area (Å²) in [6, 6.07) is 0. The van der Waals surface area contributed by atoms with E-state index in [0.717, 1.165) is 32.5 Å². The molecule has 0 bridgehead atoms. The Labute approximate surface area is 122 Å². The predicted molar refractivity (Wildman–Crippen MR) is 79.2 cm³/mol. The fourth-order valence-electron chi connectivity index (χ4n) is 2.62. The average molecular weight is 302 g/mol. The number of nitrogens with zero attached hydrogens (tertiary/aromatic N) is 1. The van der Waals surface area contributed by atoms with Crippen LogP contribution in [0.3, 0.4) is 0 Å². The van der Waals surface area contributed by atoms with E-state index in [-0.39, 0.29) is 11.7 Å². The van der Waals surface area contributed by atoms with Gasteiger partial charge in [0.25, 0.3) is 0 Å². The molecule has 1 N–H and O–H groups in total. The standard InChI is InChI=1S/C14H26N2O3S/c1-20(18,19)9-8-16-6-4-13(5-7-16)11-15-14(17)10-12-2-3-12/h12-13H,2-11H2,1H3,(H,15,17). The molecule has 2 aliphatic rings. The number of rotatable bonds is 7. The summed E-state index contributed by atoms with van der Waals surface area (Å²) in [6.07, 6.45) is 6.52. The lowest BCUT2D eigenvalue weighted by Crippen LogP contribution is -2.40. The van der Waals surface area contributed by atoms with Crippen LogP contribution in [0.1, 0.15) is 32.1 Å². The van der Waals surface area contributed by atoms with Crippen molar-refractivity contribution in [1.29, 1.82) is 0 Å². The molecule has 0 aromatic carbocycles. The number of hydrogen-bond acceptors (Lipinski definition) is 4. The molecule has 1 heterocycles. The van der Waals surface area contributed by atoms with Crippen LogP contribution in [-0.2, 0) is 14.6 Å². The zero-order valence-electron chi connectivity index (χ0n) is 12.3. The second kappa shape index (κ2) is 6.89. The van der Waals surface area contributed by atoms with Crippen LogP contribution in [0.25, 0.3) is 0 Å². The van der Waals surface area contributed by atoms with Crippen molar-refractivity contribution in [3.63, 3.8) is 0 Å². The van der Waals surface area contributed by atoms with Gasteiger partial charge in [-0.25, -0.2) is 8.42 Å². The monoisotopic (exact) mass is 302 g/mol. The SMILES string of the molecule is CS(=O)(=O)CCN1CCC(CNC(=O)CC2CC2)CC1. The normalized spacial score (nSPS) is 21.9. The average Bonchev–Trinajstić information content (AvgIpc) is 3.18. The van der Waals surface area contributed by atoms with Gasteiger partial charge in [-0.2, -0.15) is 0 Å². The molecule has 6 heteroatoms. The molecule has 2 rings (SSSR count). The summed E-state index contributed by atoms with van der Waals surface area (Å²) in [5, 5.41) is 3.04. The minimum atomic E-state index is -2.86. The third-order valence-corrected chi connectivity index (χ3v) is 5.17. The molecule has 0 atom stereocenters. The van der Waals surface area contributed by atoms with Gasteiger partial charge in [-0.15, -0.1) is 0 Å².